The van der Waals surface area contributed by atoms with Crippen molar-refractivity contribution in [3.63, 3.8) is 0 Å². The summed E-state index contributed by atoms with van der Waals surface area (Å²) in [6, 6.07) is 1.83. The van der Waals surface area contributed by atoms with Crippen molar-refractivity contribution in [2.24, 2.45) is 7.05 Å². The number of aryl methyl sites for hydroxylation is 2. The summed E-state index contributed by atoms with van der Waals surface area (Å²) in [6.45, 7) is 1.93. The van der Waals surface area contributed by atoms with E-state index in [-0.39, 0.29) is 5.56 Å². The van der Waals surface area contributed by atoms with E-state index in [9.17, 15) is 8.78 Å². The lowest BCUT2D eigenvalue weighted by atomic mass is 10.2. The third kappa shape index (κ3) is 2.04. The molecule has 0 aliphatic carbocycles. The van der Waals surface area contributed by atoms with Crippen LogP contribution in [0.3, 0.4) is 0 Å². The van der Waals surface area contributed by atoms with Gasteiger partial charge in [0.25, 0.3) is 6.43 Å². The molecule has 0 spiro atoms. The number of hydrogen-bond acceptors (Lipinski definition) is 2. The molecule has 16 heavy (non-hydrogen) atoms. The summed E-state index contributed by atoms with van der Waals surface area (Å²) in [5, 5.41) is 4.08. The van der Waals surface area contributed by atoms with Crippen molar-refractivity contribution < 1.29 is 8.78 Å². The van der Waals surface area contributed by atoms with Crippen LogP contribution in [0, 0.1) is 6.92 Å². The van der Waals surface area contributed by atoms with E-state index in [0.717, 1.165) is 14.2 Å². The zero-order chi connectivity index (χ0) is 11.9. The predicted octanol–water partition coefficient (Wildman–Crippen LogP) is 4.16. The Kier molecular flexibility index (Phi) is 3.12. The summed E-state index contributed by atoms with van der Waals surface area (Å²) in [4.78, 5) is 1.82. The van der Waals surface area contributed by atoms with Crippen LogP contribution in [0.15, 0.2) is 16.7 Å². The topological polar surface area (TPSA) is 17.8 Å². The lowest BCUT2D eigenvalue weighted by Crippen LogP contribution is -1.86. The first-order chi connectivity index (χ1) is 7.49. The molecule has 0 amide bonds. The maximum Gasteiger partial charge on any atom is 0.267 e. The molecule has 2 rings (SSSR count). The van der Waals surface area contributed by atoms with E-state index in [0.29, 0.717) is 5.69 Å². The SMILES string of the molecule is Cc1sc(-c2nn(C)cc2C(F)F)cc1Br. The van der Waals surface area contributed by atoms with E-state index in [2.05, 4.69) is 21.0 Å². The summed E-state index contributed by atoms with van der Waals surface area (Å²) in [7, 11) is 1.64. The van der Waals surface area contributed by atoms with Crippen LogP contribution in [0.25, 0.3) is 10.6 Å². The van der Waals surface area contributed by atoms with Gasteiger partial charge in [-0.2, -0.15) is 5.10 Å². The van der Waals surface area contributed by atoms with Crippen molar-refractivity contribution in [2.45, 2.75) is 13.3 Å². The Balaban J connectivity index is 2.54. The molecular weight excluding hydrogens is 298 g/mol. The zero-order valence-corrected chi connectivity index (χ0v) is 11.1. The summed E-state index contributed by atoms with van der Waals surface area (Å²) < 4.78 is 27.9. The van der Waals surface area contributed by atoms with Gasteiger partial charge in [0, 0.05) is 22.6 Å². The molecule has 86 valence electrons. The van der Waals surface area contributed by atoms with E-state index in [1.165, 1.54) is 22.2 Å². The molecule has 0 saturated heterocycles. The molecule has 2 heterocycles. The summed E-state index contributed by atoms with van der Waals surface area (Å²) >= 11 is 4.83. The van der Waals surface area contributed by atoms with E-state index < -0.39 is 6.43 Å². The molecule has 2 aromatic rings. The lowest BCUT2D eigenvalue weighted by Gasteiger charge is -1.96. The number of alkyl halides is 2. The second-order valence-electron chi connectivity index (χ2n) is 3.42. The van der Waals surface area contributed by atoms with Gasteiger partial charge in [-0.3, -0.25) is 4.68 Å². The van der Waals surface area contributed by atoms with Gasteiger partial charge in [-0.05, 0) is 28.9 Å². The summed E-state index contributed by atoms with van der Waals surface area (Å²) in [6.07, 6.45) is -1.13. The first-order valence-electron chi connectivity index (χ1n) is 4.57. The molecule has 0 fully saturated rings. The smallest absolute Gasteiger partial charge is 0.267 e. The van der Waals surface area contributed by atoms with E-state index in [1.807, 2.05) is 13.0 Å². The van der Waals surface area contributed by atoms with E-state index in [4.69, 9.17) is 0 Å². The normalized spacial score (nSPS) is 11.4. The van der Waals surface area contributed by atoms with Gasteiger partial charge in [-0.15, -0.1) is 11.3 Å². The second kappa shape index (κ2) is 4.25. The van der Waals surface area contributed by atoms with Crippen molar-refractivity contribution in [2.75, 3.05) is 0 Å². The van der Waals surface area contributed by atoms with Gasteiger partial charge in [0.05, 0.1) is 10.4 Å². The molecule has 0 bridgehead atoms. The minimum Gasteiger partial charge on any atom is -0.275 e. The Hall–Kier alpha value is -0.750. The number of halogens is 3. The largest absolute Gasteiger partial charge is 0.275 e. The highest BCUT2D eigenvalue weighted by Gasteiger charge is 2.20. The quantitative estimate of drug-likeness (QED) is 0.814. The number of hydrogen-bond donors (Lipinski definition) is 0. The predicted molar refractivity (Wildman–Crippen MR) is 63.9 cm³/mol. The van der Waals surface area contributed by atoms with Crippen LogP contribution in [0.5, 0.6) is 0 Å². The van der Waals surface area contributed by atoms with Gasteiger partial charge in [0.1, 0.15) is 5.69 Å². The molecule has 0 aliphatic rings. The average molecular weight is 307 g/mol. The highest BCUT2D eigenvalue weighted by molar-refractivity contribution is 9.10. The first kappa shape index (κ1) is 11.7. The Morgan fingerprint density at radius 2 is 2.19 bits per heavy atom. The van der Waals surface area contributed by atoms with Crippen LogP contribution in [-0.2, 0) is 7.05 Å². The summed E-state index contributed by atoms with van der Waals surface area (Å²) in [5.74, 6) is 0. The van der Waals surface area contributed by atoms with Gasteiger partial charge in [-0.1, -0.05) is 0 Å². The fourth-order valence-corrected chi connectivity index (χ4v) is 2.98. The maximum atomic E-state index is 12.8. The van der Waals surface area contributed by atoms with E-state index >= 15 is 0 Å². The van der Waals surface area contributed by atoms with Crippen LogP contribution in [0.2, 0.25) is 0 Å². The van der Waals surface area contributed by atoms with Gasteiger partial charge in [-0.25, -0.2) is 8.78 Å². The van der Waals surface area contributed by atoms with E-state index in [1.54, 1.807) is 7.05 Å². The van der Waals surface area contributed by atoms with Crippen molar-refractivity contribution in [3.8, 4) is 10.6 Å². The van der Waals surface area contributed by atoms with Crippen LogP contribution >= 0.6 is 27.3 Å². The Bertz CT molecular complexity index is 499. The Labute approximate surface area is 104 Å². The maximum absolute atomic E-state index is 12.8. The molecule has 0 saturated carbocycles. The molecule has 0 aromatic carbocycles. The molecule has 0 N–H and O–H groups in total. The molecular formula is C10H9BrF2N2S. The minimum absolute atomic E-state index is 0.0174. The minimum atomic E-state index is -2.50. The fraction of sp³-hybridized carbons (Fsp3) is 0.300. The van der Waals surface area contributed by atoms with Gasteiger partial charge < -0.3 is 0 Å². The van der Waals surface area contributed by atoms with Crippen LogP contribution in [0.1, 0.15) is 16.9 Å². The molecule has 0 aliphatic heterocycles. The monoisotopic (exact) mass is 306 g/mol. The molecule has 6 heteroatoms. The van der Waals surface area contributed by atoms with Crippen LogP contribution in [-0.4, -0.2) is 9.78 Å². The van der Waals surface area contributed by atoms with Crippen molar-refractivity contribution >= 4 is 27.3 Å². The third-order valence-electron chi connectivity index (χ3n) is 2.18. The Morgan fingerprint density at radius 3 is 2.69 bits per heavy atom. The second-order valence-corrected chi connectivity index (χ2v) is 5.53. The van der Waals surface area contributed by atoms with Crippen molar-refractivity contribution in [1.29, 1.82) is 0 Å². The number of rotatable bonds is 2. The van der Waals surface area contributed by atoms with Gasteiger partial charge in [0.15, 0.2) is 0 Å². The van der Waals surface area contributed by atoms with Crippen LogP contribution < -0.4 is 0 Å². The average Bonchev–Trinajstić information content (AvgIpc) is 2.71. The highest BCUT2D eigenvalue weighted by Crippen LogP contribution is 2.37. The third-order valence-corrected chi connectivity index (χ3v) is 4.33. The molecule has 0 unspecified atom stereocenters. The molecule has 0 radical (unpaired) electrons. The molecule has 0 atom stereocenters. The van der Waals surface area contributed by atoms with Crippen molar-refractivity contribution in [3.05, 3.63) is 27.2 Å². The van der Waals surface area contributed by atoms with Gasteiger partial charge in [0.2, 0.25) is 0 Å². The number of nitrogens with zero attached hydrogens (tertiary/aromatic N) is 2. The highest BCUT2D eigenvalue weighted by atomic mass is 79.9. The lowest BCUT2D eigenvalue weighted by molar-refractivity contribution is 0.152. The summed E-state index contributed by atoms with van der Waals surface area (Å²) in [5.41, 5.74) is 0.354. The van der Waals surface area contributed by atoms with Crippen LogP contribution in [0.4, 0.5) is 8.78 Å². The van der Waals surface area contributed by atoms with Crippen molar-refractivity contribution in [1.82, 2.24) is 9.78 Å². The molecule has 2 aromatic heterocycles. The standard InChI is InChI=1S/C10H9BrF2N2S/c1-5-7(11)3-8(16-5)9-6(10(12)13)4-15(2)14-9/h3-4,10H,1-2H3. The number of aromatic nitrogens is 2. The van der Waals surface area contributed by atoms with Gasteiger partial charge >= 0.3 is 0 Å². The Morgan fingerprint density at radius 1 is 1.50 bits per heavy atom. The first-order valence-corrected chi connectivity index (χ1v) is 6.18. The molecule has 2 nitrogen and oxygen atoms in total. The zero-order valence-electron chi connectivity index (χ0n) is 8.67. The number of thiophene rings is 1. The fourth-order valence-electron chi connectivity index (χ4n) is 1.43.